The van der Waals surface area contributed by atoms with Crippen molar-refractivity contribution < 1.29 is 31.8 Å². The Morgan fingerprint density at radius 3 is 2.78 bits per heavy atom. The number of ether oxygens (including phenoxy) is 1. The van der Waals surface area contributed by atoms with Crippen molar-refractivity contribution in [1.29, 1.82) is 0 Å². The third-order valence-electron chi connectivity index (χ3n) is 5.25. The van der Waals surface area contributed by atoms with E-state index in [1.165, 1.54) is 0 Å². The maximum atomic E-state index is 15.1. The van der Waals surface area contributed by atoms with Crippen molar-refractivity contribution in [3.05, 3.63) is 17.4 Å². The molecule has 0 bridgehead atoms. The highest BCUT2D eigenvalue weighted by atomic mass is 32.2. The predicted molar refractivity (Wildman–Crippen MR) is 91.1 cm³/mol. The number of anilines is 1. The second-order valence-electron chi connectivity index (χ2n) is 7.30. The molecule has 2 aliphatic heterocycles. The standard InChI is InChI=1S/C16H19F2N3O5S/c17-7-16(1-2-16)8-19-9-3-10-12(26-6-9)4-11(22)15(14(10)18)21-5-13(23)20-27(21,24)25/h4,9,19,22H,1-3,5-8H2,(H,20,23)/t9-/m0/s1. The Kier molecular flexibility index (Phi) is 4.18. The lowest BCUT2D eigenvalue weighted by Gasteiger charge is -2.29. The number of hydrogen-bond donors (Lipinski definition) is 3. The maximum Gasteiger partial charge on any atom is 0.326 e. The molecule has 0 radical (unpaired) electrons. The molecule has 1 saturated heterocycles. The molecule has 3 N–H and O–H groups in total. The summed E-state index contributed by atoms with van der Waals surface area (Å²) in [5, 5.41) is 13.3. The van der Waals surface area contributed by atoms with Crippen LogP contribution in [0.3, 0.4) is 0 Å². The highest BCUT2D eigenvalue weighted by Crippen LogP contribution is 2.46. The number of alkyl halides is 1. The molecule has 0 unspecified atom stereocenters. The first-order valence-corrected chi connectivity index (χ1v) is 9.98. The normalized spacial score (nSPS) is 24.9. The Morgan fingerprint density at radius 2 is 2.19 bits per heavy atom. The number of carbonyl (C=O) groups is 1. The summed E-state index contributed by atoms with van der Waals surface area (Å²) in [5.74, 6) is -2.28. The summed E-state index contributed by atoms with van der Waals surface area (Å²) >= 11 is 0. The predicted octanol–water partition coefficient (Wildman–Crippen LogP) is 0.355. The van der Waals surface area contributed by atoms with Crippen LogP contribution < -0.4 is 19.1 Å². The van der Waals surface area contributed by atoms with Gasteiger partial charge in [0.1, 0.15) is 30.3 Å². The first-order valence-electron chi connectivity index (χ1n) is 8.54. The molecule has 3 aliphatic rings. The highest BCUT2D eigenvalue weighted by Gasteiger charge is 2.43. The zero-order valence-electron chi connectivity index (χ0n) is 14.3. The molecule has 1 aromatic rings. The lowest BCUT2D eigenvalue weighted by molar-refractivity contribution is -0.117. The molecular weight excluding hydrogens is 384 g/mol. The van der Waals surface area contributed by atoms with Gasteiger partial charge in [-0.05, 0) is 19.3 Å². The van der Waals surface area contributed by atoms with E-state index in [-0.39, 0.29) is 35.8 Å². The van der Waals surface area contributed by atoms with Crippen LogP contribution >= 0.6 is 0 Å². The van der Waals surface area contributed by atoms with Crippen molar-refractivity contribution in [3.8, 4) is 11.5 Å². The van der Waals surface area contributed by atoms with Crippen LogP contribution in [0, 0.1) is 11.2 Å². The molecule has 4 rings (SSSR count). The number of benzene rings is 1. The Labute approximate surface area is 154 Å². The van der Waals surface area contributed by atoms with Crippen LogP contribution in [-0.2, 0) is 21.4 Å². The van der Waals surface area contributed by atoms with Gasteiger partial charge in [-0.25, -0.2) is 13.4 Å². The lowest BCUT2D eigenvalue weighted by Crippen LogP contribution is -2.43. The number of aromatic hydroxyl groups is 1. The molecule has 1 amide bonds. The van der Waals surface area contributed by atoms with Crippen molar-refractivity contribution in [3.63, 3.8) is 0 Å². The molecule has 11 heteroatoms. The zero-order valence-corrected chi connectivity index (χ0v) is 15.1. The van der Waals surface area contributed by atoms with Gasteiger partial charge >= 0.3 is 10.2 Å². The van der Waals surface area contributed by atoms with E-state index >= 15 is 4.39 Å². The minimum absolute atomic E-state index is 0.103. The molecule has 0 spiro atoms. The summed E-state index contributed by atoms with van der Waals surface area (Å²) in [6.07, 6.45) is 1.80. The van der Waals surface area contributed by atoms with Gasteiger partial charge in [0, 0.05) is 29.6 Å². The fourth-order valence-corrected chi connectivity index (χ4v) is 4.53. The number of hydrogen-bond acceptors (Lipinski definition) is 6. The summed E-state index contributed by atoms with van der Waals surface area (Å²) in [4.78, 5) is 11.4. The second kappa shape index (κ2) is 6.20. The van der Waals surface area contributed by atoms with E-state index in [4.69, 9.17) is 4.74 Å². The number of amides is 1. The van der Waals surface area contributed by atoms with Crippen LogP contribution in [0.5, 0.6) is 11.5 Å². The van der Waals surface area contributed by atoms with Gasteiger partial charge in [-0.2, -0.15) is 8.42 Å². The average molecular weight is 403 g/mol. The van der Waals surface area contributed by atoms with Gasteiger partial charge in [0.15, 0.2) is 5.82 Å². The molecule has 1 aliphatic carbocycles. The van der Waals surface area contributed by atoms with E-state index in [1.54, 1.807) is 4.72 Å². The Bertz CT molecular complexity index is 904. The number of phenols is 1. The summed E-state index contributed by atoms with van der Waals surface area (Å²) < 4.78 is 59.8. The summed E-state index contributed by atoms with van der Waals surface area (Å²) in [6.45, 7) is -0.356. The zero-order chi connectivity index (χ0) is 19.4. The van der Waals surface area contributed by atoms with Crippen LogP contribution in [0.25, 0.3) is 0 Å². The molecule has 8 nitrogen and oxygen atoms in total. The number of rotatable bonds is 5. The third kappa shape index (κ3) is 3.18. The molecule has 2 heterocycles. The largest absolute Gasteiger partial charge is 0.505 e. The molecule has 1 aromatic carbocycles. The van der Waals surface area contributed by atoms with Crippen molar-refractivity contribution in [2.45, 2.75) is 25.3 Å². The maximum absolute atomic E-state index is 15.1. The summed E-state index contributed by atoms with van der Waals surface area (Å²) in [7, 11) is -4.26. The quantitative estimate of drug-likeness (QED) is 0.655. The van der Waals surface area contributed by atoms with Crippen molar-refractivity contribution in [2.75, 3.05) is 30.7 Å². The molecule has 148 valence electrons. The van der Waals surface area contributed by atoms with Crippen molar-refractivity contribution in [1.82, 2.24) is 10.0 Å². The Balaban J connectivity index is 1.60. The van der Waals surface area contributed by atoms with Gasteiger partial charge in [0.2, 0.25) is 0 Å². The Hall–Kier alpha value is -2.14. The van der Waals surface area contributed by atoms with E-state index in [2.05, 4.69) is 5.32 Å². The average Bonchev–Trinajstić information content (AvgIpc) is 3.34. The van der Waals surface area contributed by atoms with Gasteiger partial charge in [-0.1, -0.05) is 0 Å². The number of fused-ring (bicyclic) bond motifs is 1. The molecule has 1 atom stereocenters. The van der Waals surface area contributed by atoms with E-state index in [0.29, 0.717) is 10.8 Å². The topological polar surface area (TPSA) is 108 Å². The fourth-order valence-electron chi connectivity index (χ4n) is 3.37. The monoisotopic (exact) mass is 403 g/mol. The lowest BCUT2D eigenvalue weighted by atomic mass is 9.99. The number of nitrogens with zero attached hydrogens (tertiary/aromatic N) is 1. The molecule has 27 heavy (non-hydrogen) atoms. The van der Waals surface area contributed by atoms with Crippen LogP contribution in [0.15, 0.2) is 6.07 Å². The van der Waals surface area contributed by atoms with Crippen molar-refractivity contribution >= 4 is 21.8 Å². The summed E-state index contributed by atoms with van der Waals surface area (Å²) in [5.41, 5.74) is -0.820. The Morgan fingerprint density at radius 1 is 1.44 bits per heavy atom. The van der Waals surface area contributed by atoms with Gasteiger partial charge in [-0.15, -0.1) is 0 Å². The molecule has 2 fully saturated rings. The minimum Gasteiger partial charge on any atom is -0.505 e. The first-order chi connectivity index (χ1) is 12.7. The van der Waals surface area contributed by atoms with Crippen LogP contribution in [0.4, 0.5) is 14.5 Å². The van der Waals surface area contributed by atoms with E-state index in [9.17, 15) is 22.7 Å². The van der Waals surface area contributed by atoms with Gasteiger partial charge in [0.25, 0.3) is 5.91 Å². The SMILES string of the molecule is O=C1CN(c2c(O)cc3c(c2F)C[C@H](NCC2(CF)CC2)CO3)S(=O)(=O)N1. The van der Waals surface area contributed by atoms with Gasteiger partial charge in [0.05, 0.1) is 6.67 Å². The number of halogens is 2. The second-order valence-corrected chi connectivity index (χ2v) is 8.89. The van der Waals surface area contributed by atoms with Crippen LogP contribution in [-0.4, -0.2) is 51.8 Å². The first kappa shape index (κ1) is 18.2. The van der Waals surface area contributed by atoms with Crippen LogP contribution in [0.2, 0.25) is 0 Å². The van der Waals surface area contributed by atoms with E-state index < -0.39 is 46.6 Å². The molecule has 1 saturated carbocycles. The van der Waals surface area contributed by atoms with E-state index in [1.807, 2.05) is 0 Å². The molecule has 0 aromatic heterocycles. The summed E-state index contributed by atoms with van der Waals surface area (Å²) in [6, 6.07) is 0.870. The van der Waals surface area contributed by atoms with Gasteiger partial charge in [-0.3, -0.25) is 9.18 Å². The minimum atomic E-state index is -4.26. The number of phenolic OH excluding ortho intramolecular Hbond substituents is 1. The van der Waals surface area contributed by atoms with Crippen LogP contribution in [0.1, 0.15) is 18.4 Å². The van der Waals surface area contributed by atoms with Crippen molar-refractivity contribution in [2.24, 2.45) is 5.41 Å². The third-order valence-corrected chi connectivity index (χ3v) is 6.62. The number of nitrogens with one attached hydrogen (secondary N) is 2. The number of carbonyl (C=O) groups excluding carboxylic acids is 1. The fraction of sp³-hybridized carbons (Fsp3) is 0.562. The smallest absolute Gasteiger partial charge is 0.326 e. The highest BCUT2D eigenvalue weighted by molar-refractivity contribution is 7.92. The van der Waals surface area contributed by atoms with Gasteiger partial charge < -0.3 is 15.2 Å². The molecular formula is C16H19F2N3O5S. The van der Waals surface area contributed by atoms with E-state index in [0.717, 1.165) is 18.9 Å².